The van der Waals surface area contributed by atoms with Gasteiger partial charge in [-0.1, -0.05) is 72.8 Å². The number of rotatable bonds is 8. The highest BCUT2D eigenvalue weighted by molar-refractivity contribution is 8.10. The molecule has 0 saturated carbocycles. The molecule has 0 aliphatic heterocycles. The van der Waals surface area contributed by atoms with E-state index in [9.17, 15) is 21.6 Å². The van der Waals surface area contributed by atoms with E-state index in [0.717, 1.165) is 37.3 Å². The summed E-state index contributed by atoms with van der Waals surface area (Å²) in [6.07, 6.45) is -0.0775. The fourth-order valence-corrected chi connectivity index (χ4v) is 7.41. The van der Waals surface area contributed by atoms with Gasteiger partial charge in [-0.15, -0.1) is 0 Å². The molecule has 0 aliphatic rings. The number of hydrogen-bond acceptors (Lipinski definition) is 6. The Labute approximate surface area is 192 Å². The molecule has 9 heteroatoms. The van der Waals surface area contributed by atoms with Gasteiger partial charge in [0.05, 0.1) is 9.79 Å². The van der Waals surface area contributed by atoms with E-state index in [4.69, 9.17) is 4.74 Å². The molecule has 0 fully saturated rings. The van der Waals surface area contributed by atoms with Gasteiger partial charge in [0.25, 0.3) is 0 Å². The summed E-state index contributed by atoms with van der Waals surface area (Å²) in [6.45, 7) is 0.939. The molecule has 3 aromatic rings. The van der Waals surface area contributed by atoms with Crippen molar-refractivity contribution in [3.05, 3.63) is 103 Å². The van der Waals surface area contributed by atoms with Crippen LogP contribution in [0.5, 0.6) is 0 Å². The molecule has 0 spiro atoms. The van der Waals surface area contributed by atoms with Crippen LogP contribution in [-0.2, 0) is 29.2 Å². The van der Waals surface area contributed by atoms with Gasteiger partial charge in [0.15, 0.2) is 6.10 Å². The Kier molecular flexibility index (Phi) is 7.14. The number of benzene rings is 3. The normalized spacial score (nSPS) is 13.5. The van der Waals surface area contributed by atoms with Crippen molar-refractivity contribution in [2.75, 3.05) is 0 Å². The first-order chi connectivity index (χ1) is 15.6. The third kappa shape index (κ3) is 4.74. The molecule has 1 atom stereocenters. The van der Waals surface area contributed by atoms with E-state index in [1.807, 2.05) is 0 Å². The summed E-state index contributed by atoms with van der Waals surface area (Å²) < 4.78 is 72.0. The molecule has 172 valence electrons. The Morgan fingerprint density at radius 1 is 0.788 bits per heavy atom. The van der Waals surface area contributed by atoms with Crippen LogP contribution in [0.3, 0.4) is 0 Å². The third-order valence-electron chi connectivity index (χ3n) is 4.74. The predicted molar refractivity (Wildman–Crippen MR) is 122 cm³/mol. The SMILES string of the molecule is CC(=O)O[C@@H](/C=C/c1ccccc1)C(F)(S(=O)(=O)c1ccccc1)S(=O)(=O)c1ccccc1. The van der Waals surface area contributed by atoms with Crippen LogP contribution in [0.15, 0.2) is 107 Å². The van der Waals surface area contributed by atoms with Crippen molar-refractivity contribution >= 4 is 31.7 Å². The maximum atomic E-state index is 16.9. The van der Waals surface area contributed by atoms with Gasteiger partial charge in [-0.3, -0.25) is 4.79 Å². The van der Waals surface area contributed by atoms with Crippen LogP contribution in [0, 0.1) is 0 Å². The van der Waals surface area contributed by atoms with Crippen LogP contribution in [0.1, 0.15) is 12.5 Å². The zero-order valence-corrected chi connectivity index (χ0v) is 19.2. The van der Waals surface area contributed by atoms with Crippen molar-refractivity contribution in [1.29, 1.82) is 0 Å². The maximum absolute atomic E-state index is 16.9. The topological polar surface area (TPSA) is 94.6 Å². The number of alkyl halides is 1. The van der Waals surface area contributed by atoms with E-state index in [1.165, 1.54) is 42.5 Å². The van der Waals surface area contributed by atoms with Gasteiger partial charge in [-0.2, -0.15) is 0 Å². The fourth-order valence-electron chi connectivity index (χ4n) is 3.14. The molecule has 0 N–H and O–H groups in total. The minimum atomic E-state index is -5.24. The molecular formula is C24H21FO6S2. The van der Waals surface area contributed by atoms with Crippen molar-refractivity contribution in [1.82, 2.24) is 0 Å². The Balaban J connectivity index is 2.30. The average molecular weight is 489 g/mol. The van der Waals surface area contributed by atoms with Gasteiger partial charge >= 0.3 is 10.3 Å². The molecule has 3 aromatic carbocycles. The number of hydrogen-bond donors (Lipinski definition) is 0. The lowest BCUT2D eigenvalue weighted by Crippen LogP contribution is -2.52. The Hall–Kier alpha value is -3.30. The van der Waals surface area contributed by atoms with Crippen molar-refractivity contribution in [3.8, 4) is 0 Å². The highest BCUT2D eigenvalue weighted by Gasteiger charge is 2.63. The van der Waals surface area contributed by atoms with E-state index in [2.05, 4.69) is 0 Å². The zero-order valence-electron chi connectivity index (χ0n) is 17.5. The first kappa shape index (κ1) is 24.3. The van der Waals surface area contributed by atoms with Crippen molar-refractivity contribution in [2.45, 2.75) is 27.2 Å². The molecule has 0 aliphatic carbocycles. The Morgan fingerprint density at radius 3 is 1.58 bits per heavy atom. The number of halogens is 1. The zero-order chi connectivity index (χ0) is 24.1. The van der Waals surface area contributed by atoms with E-state index >= 15 is 4.39 Å². The van der Waals surface area contributed by atoms with E-state index in [0.29, 0.717) is 5.56 Å². The lowest BCUT2D eigenvalue weighted by Gasteiger charge is -2.30. The molecule has 0 saturated heterocycles. The fraction of sp³-hybridized carbons (Fsp3) is 0.125. The van der Waals surface area contributed by atoms with Crippen molar-refractivity contribution in [3.63, 3.8) is 0 Å². The highest BCUT2D eigenvalue weighted by atomic mass is 32.3. The largest absolute Gasteiger partial charge is 0.452 e. The molecule has 6 nitrogen and oxygen atoms in total. The molecule has 3 rings (SSSR count). The molecule has 0 heterocycles. The molecule has 0 bridgehead atoms. The van der Waals surface area contributed by atoms with Crippen LogP contribution < -0.4 is 0 Å². The maximum Gasteiger partial charge on any atom is 0.357 e. The van der Waals surface area contributed by atoms with Crippen molar-refractivity contribution in [2.24, 2.45) is 0 Å². The van der Waals surface area contributed by atoms with Gasteiger partial charge in [0.1, 0.15) is 0 Å². The summed E-state index contributed by atoms with van der Waals surface area (Å²) >= 11 is 0. The monoisotopic (exact) mass is 488 g/mol. The summed E-state index contributed by atoms with van der Waals surface area (Å²) in [5.41, 5.74) is 0.520. The third-order valence-corrected chi connectivity index (χ3v) is 9.77. The molecule has 0 aromatic heterocycles. The summed E-state index contributed by atoms with van der Waals surface area (Å²) in [4.78, 5) is 10.7. The van der Waals surface area contributed by atoms with Crippen molar-refractivity contribution < 1.29 is 30.8 Å². The summed E-state index contributed by atoms with van der Waals surface area (Å²) in [6, 6.07) is 21.1. The van der Waals surface area contributed by atoms with E-state index in [-0.39, 0.29) is 0 Å². The summed E-state index contributed by atoms with van der Waals surface area (Å²) in [7, 11) is -10.5. The van der Waals surface area contributed by atoms with E-state index < -0.39 is 45.9 Å². The van der Waals surface area contributed by atoms with E-state index in [1.54, 1.807) is 30.3 Å². The predicted octanol–water partition coefficient (Wildman–Crippen LogP) is 4.20. The molecule has 33 heavy (non-hydrogen) atoms. The van der Waals surface area contributed by atoms with Crippen LogP contribution >= 0.6 is 0 Å². The van der Waals surface area contributed by atoms with Crippen LogP contribution in [-0.4, -0.2) is 33.2 Å². The molecular weight excluding hydrogens is 467 g/mol. The standard InChI is InChI=1S/C24H21FO6S2/c1-19(26)31-23(18-17-20-11-5-2-6-12-20)24(25,32(27,28)21-13-7-3-8-14-21)33(29,30)22-15-9-4-10-16-22/h2-18,23H,1H3/b18-17+/t23-/m0/s1. The number of carbonyl (C=O) groups excluding carboxylic acids is 1. The minimum absolute atomic E-state index is 0.520. The Morgan fingerprint density at radius 2 is 1.18 bits per heavy atom. The first-order valence-corrected chi connectivity index (χ1v) is 12.8. The van der Waals surface area contributed by atoms with Crippen LogP contribution in [0.4, 0.5) is 4.39 Å². The average Bonchev–Trinajstić information content (AvgIpc) is 2.82. The van der Waals surface area contributed by atoms with Gasteiger partial charge in [0.2, 0.25) is 19.7 Å². The minimum Gasteiger partial charge on any atom is -0.452 e. The van der Waals surface area contributed by atoms with Crippen LogP contribution in [0.2, 0.25) is 0 Å². The quantitative estimate of drug-likeness (QED) is 0.441. The molecule has 0 amide bonds. The second kappa shape index (κ2) is 9.68. The molecule has 0 radical (unpaired) electrons. The van der Waals surface area contributed by atoms with Gasteiger partial charge in [-0.25, -0.2) is 21.2 Å². The number of ether oxygens (including phenoxy) is 1. The van der Waals surface area contributed by atoms with Gasteiger partial charge in [-0.05, 0) is 35.9 Å². The molecule has 0 unspecified atom stereocenters. The highest BCUT2D eigenvalue weighted by Crippen LogP contribution is 2.41. The van der Waals surface area contributed by atoms with Crippen LogP contribution in [0.25, 0.3) is 6.08 Å². The smallest absolute Gasteiger partial charge is 0.357 e. The second-order valence-electron chi connectivity index (χ2n) is 7.02. The number of sulfone groups is 2. The van der Waals surface area contributed by atoms with Gasteiger partial charge < -0.3 is 4.74 Å². The number of carbonyl (C=O) groups is 1. The Bertz CT molecular complexity index is 1270. The lowest BCUT2D eigenvalue weighted by atomic mass is 10.2. The first-order valence-electron chi connectivity index (χ1n) is 9.79. The summed E-state index contributed by atoms with van der Waals surface area (Å²) in [5, 5.41) is 0. The second-order valence-corrected chi connectivity index (χ2v) is 11.4. The lowest BCUT2D eigenvalue weighted by molar-refractivity contribution is -0.146. The summed E-state index contributed by atoms with van der Waals surface area (Å²) in [5.74, 6) is -1.05. The van der Waals surface area contributed by atoms with Gasteiger partial charge in [0, 0.05) is 6.92 Å². The number of esters is 1.